The van der Waals surface area contributed by atoms with Gasteiger partial charge in [0.15, 0.2) is 10.1 Å². The van der Waals surface area contributed by atoms with Crippen molar-refractivity contribution in [3.8, 4) is 0 Å². The number of hydrogen-bond acceptors (Lipinski definition) is 3. The lowest BCUT2D eigenvalue weighted by Crippen LogP contribution is -2.75. The molecule has 0 saturated heterocycles. The second-order valence-corrected chi connectivity index (χ2v) is 16.5. The lowest BCUT2D eigenvalue weighted by atomic mass is 9.91. The SMILES string of the molecule is CCCC[P+](CCCC)(CCCC)CCCC.O=S(=O)([O-])C(F)(F)C(F)(F)C(F)(F)C(F)(F)C(F)(F)C(F)(F)C(F)(F)C(F)(F)F. The van der Waals surface area contributed by atoms with Crippen molar-refractivity contribution in [2.75, 3.05) is 24.6 Å². The summed E-state index contributed by atoms with van der Waals surface area (Å²) in [6.07, 6.45) is 10.1. The van der Waals surface area contributed by atoms with Crippen LogP contribution in [0.5, 0.6) is 0 Å². The maximum atomic E-state index is 13.0. The third-order valence-electron chi connectivity index (χ3n) is 6.95. The molecule has 0 aliphatic carbocycles. The van der Waals surface area contributed by atoms with Gasteiger partial charge in [-0.3, -0.25) is 0 Å². The van der Waals surface area contributed by atoms with E-state index in [-0.39, 0.29) is 0 Å². The van der Waals surface area contributed by atoms with E-state index < -0.39 is 64.3 Å². The van der Waals surface area contributed by atoms with Crippen LogP contribution in [0.1, 0.15) is 79.1 Å². The third-order valence-corrected chi connectivity index (χ3v) is 12.9. The van der Waals surface area contributed by atoms with Crippen LogP contribution in [0.15, 0.2) is 0 Å². The van der Waals surface area contributed by atoms with E-state index in [0.717, 1.165) is 0 Å². The Hall–Kier alpha value is -0.850. The van der Waals surface area contributed by atoms with Crippen molar-refractivity contribution in [1.82, 2.24) is 0 Å². The Morgan fingerprint density at radius 3 is 0.848 bits per heavy atom. The van der Waals surface area contributed by atoms with Crippen molar-refractivity contribution in [2.45, 2.75) is 126 Å². The maximum Gasteiger partial charge on any atom is 0.460 e. The van der Waals surface area contributed by atoms with E-state index in [1.54, 1.807) is 24.6 Å². The monoisotopic (exact) mass is 758 g/mol. The van der Waals surface area contributed by atoms with E-state index in [9.17, 15) is 87.6 Å². The molecule has 0 aromatic carbocycles. The van der Waals surface area contributed by atoms with Gasteiger partial charge in [-0.05, 0) is 25.7 Å². The maximum absolute atomic E-state index is 13.0. The van der Waals surface area contributed by atoms with Crippen LogP contribution in [0.25, 0.3) is 0 Å². The highest BCUT2D eigenvalue weighted by atomic mass is 32.2. The first-order valence-corrected chi connectivity index (χ1v) is 17.7. The fourth-order valence-electron chi connectivity index (χ4n) is 3.95. The molecule has 0 unspecified atom stereocenters. The summed E-state index contributed by atoms with van der Waals surface area (Å²) in [6, 6.07) is 0. The normalized spacial score (nSPS) is 15.1. The zero-order chi connectivity index (χ0) is 37.5. The molecule has 0 rings (SSSR count). The molecule has 280 valence electrons. The zero-order valence-corrected chi connectivity index (χ0v) is 26.7. The quantitative estimate of drug-likeness (QED) is 0.0749. The first kappa shape index (κ1) is 47.3. The molecule has 0 bridgehead atoms. The molecule has 0 radical (unpaired) electrons. The van der Waals surface area contributed by atoms with Crippen LogP contribution in [0, 0.1) is 0 Å². The highest BCUT2D eigenvalue weighted by Crippen LogP contribution is 2.64. The lowest BCUT2D eigenvalue weighted by Gasteiger charge is -2.42. The predicted molar refractivity (Wildman–Crippen MR) is 136 cm³/mol. The summed E-state index contributed by atoms with van der Waals surface area (Å²) in [5, 5.41) is -7.95. The number of rotatable bonds is 19. The second kappa shape index (κ2) is 16.2. The highest BCUT2D eigenvalue weighted by Gasteiger charge is 2.95. The minimum absolute atomic E-state index is 0.562. The van der Waals surface area contributed by atoms with E-state index >= 15 is 0 Å². The average molecular weight is 759 g/mol. The van der Waals surface area contributed by atoms with Gasteiger partial charge in [0, 0.05) is 7.26 Å². The van der Waals surface area contributed by atoms with Gasteiger partial charge in [-0.15, -0.1) is 0 Å². The van der Waals surface area contributed by atoms with E-state index in [4.69, 9.17) is 0 Å². The zero-order valence-electron chi connectivity index (χ0n) is 25.0. The van der Waals surface area contributed by atoms with Crippen LogP contribution in [-0.4, -0.2) is 84.6 Å². The van der Waals surface area contributed by atoms with Crippen LogP contribution in [0.4, 0.5) is 74.6 Å². The number of alkyl halides is 17. The average Bonchev–Trinajstić information content (AvgIpc) is 2.90. The summed E-state index contributed by atoms with van der Waals surface area (Å²) in [5.41, 5.74) is 0. The molecule has 0 heterocycles. The van der Waals surface area contributed by atoms with Crippen molar-refractivity contribution in [1.29, 1.82) is 0 Å². The van der Waals surface area contributed by atoms with Gasteiger partial charge in [0.05, 0.1) is 24.6 Å². The van der Waals surface area contributed by atoms with Crippen LogP contribution < -0.4 is 0 Å². The summed E-state index contributed by atoms with van der Waals surface area (Å²) < 4.78 is 244. The van der Waals surface area contributed by atoms with E-state index in [1.807, 2.05) is 0 Å². The topological polar surface area (TPSA) is 57.2 Å². The van der Waals surface area contributed by atoms with E-state index in [1.165, 1.54) is 51.4 Å². The van der Waals surface area contributed by atoms with Crippen LogP contribution in [0.2, 0.25) is 0 Å². The van der Waals surface area contributed by atoms with Gasteiger partial charge in [0.1, 0.15) is 0 Å². The number of unbranched alkanes of at least 4 members (excludes halogenated alkanes) is 4. The molecule has 0 aromatic heterocycles. The van der Waals surface area contributed by atoms with Gasteiger partial charge in [-0.2, -0.15) is 74.6 Å². The van der Waals surface area contributed by atoms with Crippen molar-refractivity contribution in [3.63, 3.8) is 0 Å². The van der Waals surface area contributed by atoms with E-state index in [2.05, 4.69) is 27.7 Å². The molecule has 46 heavy (non-hydrogen) atoms. The Bertz CT molecular complexity index is 994. The van der Waals surface area contributed by atoms with Gasteiger partial charge >= 0.3 is 47.0 Å². The molecule has 0 aliphatic rings. The molecule has 0 aliphatic heterocycles. The summed E-state index contributed by atoms with van der Waals surface area (Å²) in [4.78, 5) is 0. The van der Waals surface area contributed by atoms with Gasteiger partial charge in [-0.1, -0.05) is 53.4 Å². The Kier molecular flexibility index (Phi) is 16.7. The van der Waals surface area contributed by atoms with Crippen LogP contribution in [0.3, 0.4) is 0 Å². The predicted octanol–water partition coefficient (Wildman–Crippen LogP) is 10.7. The fraction of sp³-hybridized carbons (Fsp3) is 1.00. The van der Waals surface area contributed by atoms with Crippen LogP contribution >= 0.6 is 7.26 Å². The Labute approximate surface area is 256 Å². The minimum Gasteiger partial charge on any atom is -0.743 e. The largest absolute Gasteiger partial charge is 0.743 e. The second-order valence-electron chi connectivity index (χ2n) is 10.6. The summed E-state index contributed by atoms with van der Waals surface area (Å²) >= 11 is 0. The van der Waals surface area contributed by atoms with Gasteiger partial charge < -0.3 is 4.55 Å². The third kappa shape index (κ3) is 9.23. The highest BCUT2D eigenvalue weighted by molar-refractivity contribution is 7.86. The first-order chi connectivity index (χ1) is 20.2. The lowest BCUT2D eigenvalue weighted by molar-refractivity contribution is -0.458. The Balaban J connectivity index is 0. The standard InChI is InChI=1S/C16H36P.C8HF17O3S/c1-5-9-13-17(14-10-6-2,15-11-7-3)16-12-8-4;9-1(10,3(13,14)5(17,18)7(21,22)23)2(11,12)4(15,16)6(19,20)8(24,25)29(26,27)28/h5-16H2,1-4H3;(H,26,27,28)/q+1;/p-1. The first-order valence-electron chi connectivity index (χ1n) is 13.8. The number of hydrogen-bond donors (Lipinski definition) is 0. The van der Waals surface area contributed by atoms with Crippen molar-refractivity contribution < 1.29 is 87.6 Å². The smallest absolute Gasteiger partial charge is 0.460 e. The molecule has 0 aromatic rings. The molecule has 0 amide bonds. The van der Waals surface area contributed by atoms with E-state index in [0.29, 0.717) is 0 Å². The van der Waals surface area contributed by atoms with Crippen LogP contribution in [-0.2, 0) is 10.1 Å². The summed E-state index contributed by atoms with van der Waals surface area (Å²) in [7, 11) is -8.71. The molecule has 22 heteroatoms. The molecule has 0 spiro atoms. The molecule has 0 fully saturated rings. The molecular formula is C24H36F17O3PS. The van der Waals surface area contributed by atoms with Gasteiger partial charge in [0.2, 0.25) is 0 Å². The summed E-state index contributed by atoms with van der Waals surface area (Å²) in [6.45, 7) is 9.42. The fourth-order valence-corrected chi connectivity index (χ4v) is 9.68. The van der Waals surface area contributed by atoms with Crippen molar-refractivity contribution in [3.05, 3.63) is 0 Å². The van der Waals surface area contributed by atoms with Crippen molar-refractivity contribution in [2.24, 2.45) is 0 Å². The summed E-state index contributed by atoms with van der Waals surface area (Å²) in [5.74, 6) is -52.1. The number of halogens is 17. The molecule has 0 atom stereocenters. The Morgan fingerprint density at radius 1 is 0.435 bits per heavy atom. The molecule has 3 nitrogen and oxygen atoms in total. The van der Waals surface area contributed by atoms with Crippen molar-refractivity contribution >= 4 is 17.4 Å². The molecular weight excluding hydrogens is 722 g/mol. The van der Waals surface area contributed by atoms with Gasteiger partial charge in [0.25, 0.3) is 0 Å². The molecule has 0 N–H and O–H groups in total. The minimum atomic E-state index is -8.92. The molecule has 0 saturated carbocycles. The Morgan fingerprint density at radius 2 is 0.652 bits per heavy atom. The van der Waals surface area contributed by atoms with Gasteiger partial charge in [-0.25, -0.2) is 8.42 Å².